The second-order valence-electron chi connectivity index (χ2n) is 6.18. The fourth-order valence-corrected chi connectivity index (χ4v) is 3.31. The quantitative estimate of drug-likeness (QED) is 0.115. The summed E-state index contributed by atoms with van der Waals surface area (Å²) in [6.07, 6.45) is 1.38. The molecule has 3 N–H and O–H groups in total. The standard InChI is InChI=1S/C19H19N7O5S/c1-30-16-7-6-13(9-17(16)31-2)15(27)11-32-19-24-23-18(25(19)20)22-21-10-12-4-3-5-14(8-12)26(28)29/h3-10H,11,20H2,1-2H3,(H,22,23)/b21-10+. The highest BCUT2D eigenvalue weighted by Gasteiger charge is 2.15. The lowest BCUT2D eigenvalue weighted by atomic mass is 10.1. The molecule has 32 heavy (non-hydrogen) atoms. The van der Waals surface area contributed by atoms with Gasteiger partial charge in [0.2, 0.25) is 5.16 Å². The van der Waals surface area contributed by atoms with E-state index in [1.807, 2.05) is 0 Å². The zero-order valence-corrected chi connectivity index (χ0v) is 17.9. The van der Waals surface area contributed by atoms with Crippen LogP contribution < -0.4 is 20.7 Å². The molecule has 166 valence electrons. The number of carbonyl (C=O) groups excluding carboxylic acids is 1. The second-order valence-corrected chi connectivity index (χ2v) is 7.12. The minimum absolute atomic E-state index is 0.0474. The summed E-state index contributed by atoms with van der Waals surface area (Å²) in [5.41, 5.74) is 3.54. The molecular weight excluding hydrogens is 438 g/mol. The molecule has 12 nitrogen and oxygen atoms in total. The SMILES string of the molecule is COc1ccc(C(=O)CSc2nnc(N/N=C/c3cccc([N+](=O)[O-])c3)n2N)cc1OC. The van der Waals surface area contributed by atoms with Crippen LogP contribution in [0.5, 0.6) is 11.5 Å². The number of hydrogen-bond acceptors (Lipinski definition) is 11. The molecule has 0 fully saturated rings. The molecule has 0 saturated heterocycles. The number of nitro benzene ring substituents is 1. The molecule has 3 aromatic rings. The van der Waals surface area contributed by atoms with Crippen LogP contribution in [0, 0.1) is 10.1 Å². The number of thioether (sulfide) groups is 1. The lowest BCUT2D eigenvalue weighted by molar-refractivity contribution is -0.384. The molecule has 0 amide bonds. The van der Waals surface area contributed by atoms with Gasteiger partial charge in [0.25, 0.3) is 11.6 Å². The molecule has 0 saturated carbocycles. The van der Waals surface area contributed by atoms with Gasteiger partial charge in [-0.1, -0.05) is 23.9 Å². The van der Waals surface area contributed by atoms with E-state index in [-0.39, 0.29) is 23.2 Å². The van der Waals surface area contributed by atoms with Crippen molar-refractivity contribution in [2.45, 2.75) is 5.16 Å². The molecule has 1 aromatic heterocycles. The van der Waals surface area contributed by atoms with Gasteiger partial charge in [0.15, 0.2) is 17.3 Å². The maximum atomic E-state index is 12.5. The maximum Gasteiger partial charge on any atom is 0.270 e. The van der Waals surface area contributed by atoms with Gasteiger partial charge in [-0.25, -0.2) is 10.1 Å². The van der Waals surface area contributed by atoms with Crippen molar-refractivity contribution in [2.24, 2.45) is 5.10 Å². The zero-order chi connectivity index (χ0) is 23.1. The number of ketones is 1. The van der Waals surface area contributed by atoms with E-state index in [9.17, 15) is 14.9 Å². The summed E-state index contributed by atoms with van der Waals surface area (Å²) in [6.45, 7) is 0. The van der Waals surface area contributed by atoms with Crippen molar-refractivity contribution < 1.29 is 19.2 Å². The van der Waals surface area contributed by atoms with Gasteiger partial charge in [0.1, 0.15) is 0 Å². The maximum absolute atomic E-state index is 12.5. The Morgan fingerprint density at radius 1 is 1.25 bits per heavy atom. The highest BCUT2D eigenvalue weighted by atomic mass is 32.2. The lowest BCUT2D eigenvalue weighted by Crippen LogP contribution is -2.14. The van der Waals surface area contributed by atoms with Gasteiger partial charge in [0.05, 0.1) is 31.1 Å². The number of hydrogen-bond donors (Lipinski definition) is 2. The van der Waals surface area contributed by atoms with Gasteiger partial charge < -0.3 is 15.3 Å². The number of hydrazone groups is 1. The van der Waals surface area contributed by atoms with Crippen LogP contribution in [0.1, 0.15) is 15.9 Å². The molecule has 3 rings (SSSR count). The van der Waals surface area contributed by atoms with E-state index in [1.54, 1.807) is 30.3 Å². The summed E-state index contributed by atoms with van der Waals surface area (Å²) in [5, 5.41) is 22.9. The fourth-order valence-electron chi connectivity index (χ4n) is 2.56. The van der Waals surface area contributed by atoms with E-state index in [1.165, 1.54) is 32.6 Å². The number of rotatable bonds is 10. The van der Waals surface area contributed by atoms with Crippen LogP contribution in [0.3, 0.4) is 0 Å². The highest BCUT2D eigenvalue weighted by molar-refractivity contribution is 7.99. The first-order valence-corrected chi connectivity index (χ1v) is 10.0. The topological polar surface area (TPSA) is 160 Å². The van der Waals surface area contributed by atoms with Crippen LogP contribution in [0.15, 0.2) is 52.7 Å². The normalized spacial score (nSPS) is 10.8. The average Bonchev–Trinajstić information content (AvgIpc) is 3.16. The first-order chi connectivity index (χ1) is 15.4. The molecule has 0 bridgehead atoms. The monoisotopic (exact) mass is 457 g/mol. The Labute approximate surface area is 186 Å². The van der Waals surface area contributed by atoms with Crippen molar-refractivity contribution in [3.8, 4) is 11.5 Å². The number of Topliss-reactive ketones (excluding diaryl/α,β-unsaturated/α-hetero) is 1. The summed E-state index contributed by atoms with van der Waals surface area (Å²) in [7, 11) is 3.01. The Bertz CT molecular complexity index is 1160. The zero-order valence-electron chi connectivity index (χ0n) is 17.1. The molecule has 0 aliphatic heterocycles. The number of carbonyl (C=O) groups is 1. The van der Waals surface area contributed by atoms with Crippen LogP contribution in [0.25, 0.3) is 0 Å². The third-order valence-electron chi connectivity index (χ3n) is 4.16. The molecule has 1 heterocycles. The third-order valence-corrected chi connectivity index (χ3v) is 5.10. The summed E-state index contributed by atoms with van der Waals surface area (Å²) in [5.74, 6) is 6.98. The number of methoxy groups -OCH3 is 2. The number of nitrogen functional groups attached to an aromatic ring is 1. The van der Waals surface area contributed by atoms with E-state index >= 15 is 0 Å². The average molecular weight is 457 g/mol. The second kappa shape index (κ2) is 10.3. The minimum Gasteiger partial charge on any atom is -0.493 e. The van der Waals surface area contributed by atoms with Crippen LogP contribution in [-0.4, -0.2) is 51.8 Å². The highest BCUT2D eigenvalue weighted by Crippen LogP contribution is 2.28. The molecule has 13 heteroatoms. The predicted octanol–water partition coefficient (Wildman–Crippen LogP) is 2.34. The third kappa shape index (κ3) is 5.31. The Kier molecular flexibility index (Phi) is 7.23. The molecule has 0 radical (unpaired) electrons. The van der Waals surface area contributed by atoms with Gasteiger partial charge >= 0.3 is 0 Å². The van der Waals surface area contributed by atoms with E-state index in [4.69, 9.17) is 15.3 Å². The van der Waals surface area contributed by atoms with E-state index in [2.05, 4.69) is 20.7 Å². The summed E-state index contributed by atoms with van der Waals surface area (Å²) >= 11 is 1.11. The largest absolute Gasteiger partial charge is 0.493 e. The smallest absolute Gasteiger partial charge is 0.270 e. The van der Waals surface area contributed by atoms with Crippen molar-refractivity contribution in [1.82, 2.24) is 14.9 Å². The minimum atomic E-state index is -0.492. The Balaban J connectivity index is 1.61. The van der Waals surface area contributed by atoms with Crippen LogP contribution in [0.2, 0.25) is 0 Å². The number of non-ortho nitro benzene ring substituents is 1. The lowest BCUT2D eigenvalue weighted by Gasteiger charge is -2.09. The van der Waals surface area contributed by atoms with E-state index < -0.39 is 4.92 Å². The molecule has 2 aromatic carbocycles. The number of aromatic nitrogens is 3. The van der Waals surface area contributed by atoms with E-state index in [0.29, 0.717) is 27.8 Å². The molecule has 0 atom stereocenters. The Morgan fingerprint density at radius 3 is 2.75 bits per heavy atom. The molecule has 0 unspecified atom stereocenters. The fraction of sp³-hybridized carbons (Fsp3) is 0.158. The first-order valence-electron chi connectivity index (χ1n) is 9.05. The van der Waals surface area contributed by atoms with Crippen molar-refractivity contribution in [1.29, 1.82) is 0 Å². The molecule has 0 aliphatic carbocycles. The van der Waals surface area contributed by atoms with Gasteiger partial charge in [0, 0.05) is 23.3 Å². The predicted molar refractivity (Wildman–Crippen MR) is 119 cm³/mol. The van der Waals surface area contributed by atoms with Crippen molar-refractivity contribution >= 4 is 35.4 Å². The van der Waals surface area contributed by atoms with Crippen molar-refractivity contribution in [2.75, 3.05) is 31.2 Å². The number of nitro groups is 1. The number of ether oxygens (including phenoxy) is 2. The molecular formula is C19H19N7O5S. The van der Waals surface area contributed by atoms with E-state index in [0.717, 1.165) is 16.4 Å². The van der Waals surface area contributed by atoms with Crippen LogP contribution >= 0.6 is 11.8 Å². The Morgan fingerprint density at radius 2 is 2.03 bits per heavy atom. The molecule has 0 aliphatic rings. The van der Waals surface area contributed by atoms with Gasteiger partial charge in [-0.15, -0.1) is 10.2 Å². The van der Waals surface area contributed by atoms with Gasteiger partial charge in [-0.05, 0) is 18.2 Å². The number of nitrogens with two attached hydrogens (primary N) is 1. The number of nitrogens with one attached hydrogen (secondary N) is 1. The van der Waals surface area contributed by atoms with Gasteiger partial charge in [-0.2, -0.15) is 5.10 Å². The van der Waals surface area contributed by atoms with Crippen LogP contribution in [0.4, 0.5) is 11.6 Å². The van der Waals surface area contributed by atoms with Crippen molar-refractivity contribution in [3.63, 3.8) is 0 Å². The number of nitrogens with zero attached hydrogens (tertiary/aromatic N) is 5. The molecule has 0 spiro atoms. The number of benzene rings is 2. The number of anilines is 1. The summed E-state index contributed by atoms with van der Waals surface area (Å²) in [4.78, 5) is 22.8. The summed E-state index contributed by atoms with van der Waals surface area (Å²) < 4.78 is 11.5. The summed E-state index contributed by atoms with van der Waals surface area (Å²) in [6, 6.07) is 10.9. The van der Waals surface area contributed by atoms with Crippen LogP contribution in [-0.2, 0) is 0 Å². The Hall–Kier alpha value is -4.13. The van der Waals surface area contributed by atoms with Crippen molar-refractivity contribution in [3.05, 3.63) is 63.7 Å². The first kappa shape index (κ1) is 22.6. The van der Waals surface area contributed by atoms with Gasteiger partial charge in [-0.3, -0.25) is 14.9 Å².